The number of nitrogens with one attached hydrogen (secondary N) is 2. The molecule has 2 aromatic rings. The minimum Gasteiger partial charge on any atom is -0.497 e. The van der Waals surface area contributed by atoms with E-state index in [0.717, 1.165) is 0 Å². The maximum atomic E-state index is 11.4. The third-order valence-electron chi connectivity index (χ3n) is 2.77. The van der Waals surface area contributed by atoms with Crippen LogP contribution in [0.1, 0.15) is 10.4 Å². The summed E-state index contributed by atoms with van der Waals surface area (Å²) in [7, 11) is 1.51. The maximum Gasteiger partial charge on any atom is 0.316 e. The quantitative estimate of drug-likeness (QED) is 0.671. The number of benzene rings is 1. The van der Waals surface area contributed by atoms with Gasteiger partial charge in [-0.25, -0.2) is 4.79 Å². The summed E-state index contributed by atoms with van der Waals surface area (Å²) < 4.78 is 5.09. The zero-order chi connectivity index (χ0) is 14.7. The van der Waals surface area contributed by atoms with E-state index in [1.165, 1.54) is 7.11 Å². The molecule has 0 spiro atoms. The van der Waals surface area contributed by atoms with Gasteiger partial charge in [0.2, 0.25) is 0 Å². The molecular weight excluding hydrogens is 260 g/mol. The monoisotopic (exact) mass is 274 g/mol. The summed E-state index contributed by atoms with van der Waals surface area (Å²) in [6.45, 7) is 0. The van der Waals surface area contributed by atoms with Crippen LogP contribution in [0.4, 0.5) is 10.5 Å². The fourth-order valence-corrected chi connectivity index (χ4v) is 1.90. The van der Waals surface area contributed by atoms with Crippen molar-refractivity contribution < 1.29 is 14.3 Å². The predicted octanol–water partition coefficient (Wildman–Crippen LogP) is 1.28. The topological polar surface area (TPSA) is 123 Å². The van der Waals surface area contributed by atoms with E-state index >= 15 is 0 Å². The smallest absolute Gasteiger partial charge is 0.316 e. The van der Waals surface area contributed by atoms with Gasteiger partial charge in [-0.1, -0.05) is 0 Å². The Labute approximate surface area is 114 Å². The average molecular weight is 274 g/mol. The van der Waals surface area contributed by atoms with Crippen LogP contribution in [0.25, 0.3) is 11.3 Å². The molecule has 0 fully saturated rings. The van der Waals surface area contributed by atoms with Crippen molar-refractivity contribution >= 4 is 17.6 Å². The van der Waals surface area contributed by atoms with Gasteiger partial charge in [0.1, 0.15) is 5.75 Å². The highest BCUT2D eigenvalue weighted by molar-refractivity contribution is 6.02. The van der Waals surface area contributed by atoms with Gasteiger partial charge < -0.3 is 26.5 Å². The van der Waals surface area contributed by atoms with Crippen molar-refractivity contribution in [3.05, 3.63) is 36.0 Å². The first-order valence-electron chi connectivity index (χ1n) is 5.75. The van der Waals surface area contributed by atoms with Crippen LogP contribution < -0.4 is 21.5 Å². The molecule has 0 aliphatic heterocycles. The van der Waals surface area contributed by atoms with E-state index in [1.54, 1.807) is 30.5 Å². The number of primary amides is 2. The molecule has 3 amide bonds. The molecule has 0 saturated carbocycles. The molecule has 1 heterocycles. The molecule has 2 rings (SSSR count). The number of carbonyl (C=O) groups is 2. The summed E-state index contributed by atoms with van der Waals surface area (Å²) in [5, 5.41) is 2.49. The molecule has 104 valence electrons. The van der Waals surface area contributed by atoms with Crippen molar-refractivity contribution in [3.63, 3.8) is 0 Å². The SMILES string of the molecule is COc1ccc(-c2[nH]ccc2C(N)=O)c(NC(N)=O)c1. The molecule has 0 bridgehead atoms. The highest BCUT2D eigenvalue weighted by Gasteiger charge is 2.15. The number of ether oxygens (including phenoxy) is 1. The first-order chi connectivity index (χ1) is 9.52. The zero-order valence-corrected chi connectivity index (χ0v) is 10.8. The maximum absolute atomic E-state index is 11.4. The largest absolute Gasteiger partial charge is 0.497 e. The molecule has 20 heavy (non-hydrogen) atoms. The lowest BCUT2D eigenvalue weighted by Crippen LogP contribution is -2.20. The van der Waals surface area contributed by atoms with Crippen LogP contribution in [-0.2, 0) is 0 Å². The van der Waals surface area contributed by atoms with Gasteiger partial charge in [-0.05, 0) is 18.2 Å². The summed E-state index contributed by atoms with van der Waals surface area (Å²) in [4.78, 5) is 25.4. The van der Waals surface area contributed by atoms with Crippen molar-refractivity contribution in [2.75, 3.05) is 12.4 Å². The van der Waals surface area contributed by atoms with E-state index in [2.05, 4.69) is 10.3 Å². The molecule has 0 unspecified atom stereocenters. The Kier molecular flexibility index (Phi) is 3.60. The number of methoxy groups -OCH3 is 1. The number of hydrogen-bond acceptors (Lipinski definition) is 3. The summed E-state index contributed by atoms with van der Waals surface area (Å²) in [6.07, 6.45) is 1.59. The highest BCUT2D eigenvalue weighted by Crippen LogP contribution is 2.32. The molecule has 7 nitrogen and oxygen atoms in total. The lowest BCUT2D eigenvalue weighted by molar-refractivity contribution is 0.100. The van der Waals surface area contributed by atoms with E-state index in [9.17, 15) is 9.59 Å². The molecule has 7 heteroatoms. The van der Waals surface area contributed by atoms with Crippen molar-refractivity contribution in [2.45, 2.75) is 0 Å². The third-order valence-corrected chi connectivity index (χ3v) is 2.77. The first kappa shape index (κ1) is 13.5. The van der Waals surface area contributed by atoms with E-state index in [1.807, 2.05) is 0 Å². The van der Waals surface area contributed by atoms with Crippen LogP contribution in [0, 0.1) is 0 Å². The van der Waals surface area contributed by atoms with Crippen molar-refractivity contribution in [1.82, 2.24) is 4.98 Å². The van der Waals surface area contributed by atoms with Gasteiger partial charge in [0.15, 0.2) is 0 Å². The summed E-state index contributed by atoms with van der Waals surface area (Å²) in [5.74, 6) is -0.0215. The number of urea groups is 1. The summed E-state index contributed by atoms with van der Waals surface area (Å²) in [6, 6.07) is 5.85. The Morgan fingerprint density at radius 3 is 2.60 bits per heavy atom. The van der Waals surface area contributed by atoms with Crippen molar-refractivity contribution in [3.8, 4) is 17.0 Å². The predicted molar refractivity (Wildman–Crippen MR) is 74.5 cm³/mol. The number of H-pyrrole nitrogens is 1. The van der Waals surface area contributed by atoms with E-state index in [-0.39, 0.29) is 0 Å². The van der Waals surface area contributed by atoms with Crippen molar-refractivity contribution in [1.29, 1.82) is 0 Å². The van der Waals surface area contributed by atoms with Gasteiger partial charge in [0.25, 0.3) is 5.91 Å². The molecule has 0 radical (unpaired) electrons. The van der Waals surface area contributed by atoms with Gasteiger partial charge in [-0.2, -0.15) is 0 Å². The van der Waals surface area contributed by atoms with Gasteiger partial charge in [0, 0.05) is 17.8 Å². The lowest BCUT2D eigenvalue weighted by atomic mass is 10.1. The Balaban J connectivity index is 2.57. The number of nitrogens with two attached hydrogens (primary N) is 2. The second kappa shape index (κ2) is 5.35. The second-order valence-electron chi connectivity index (χ2n) is 4.03. The number of aromatic amines is 1. The first-order valence-corrected chi connectivity index (χ1v) is 5.75. The summed E-state index contributed by atoms with van der Waals surface area (Å²) >= 11 is 0. The second-order valence-corrected chi connectivity index (χ2v) is 4.03. The van der Waals surface area contributed by atoms with E-state index in [4.69, 9.17) is 16.2 Å². The Bertz CT molecular complexity index is 663. The van der Waals surface area contributed by atoms with Gasteiger partial charge >= 0.3 is 6.03 Å². The molecule has 6 N–H and O–H groups in total. The van der Waals surface area contributed by atoms with Crippen LogP contribution in [0.15, 0.2) is 30.5 Å². The zero-order valence-electron chi connectivity index (χ0n) is 10.8. The number of carbonyl (C=O) groups excluding carboxylic acids is 2. The van der Waals surface area contributed by atoms with Gasteiger partial charge in [-0.15, -0.1) is 0 Å². The highest BCUT2D eigenvalue weighted by atomic mass is 16.5. The standard InChI is InChI=1S/C13H14N4O3/c1-20-7-2-3-8(10(6-7)17-13(15)19)11-9(12(14)18)4-5-16-11/h2-6,16H,1H3,(H2,14,18)(H3,15,17,19). The van der Waals surface area contributed by atoms with Crippen LogP contribution in [0.3, 0.4) is 0 Å². The molecule has 0 saturated heterocycles. The molecule has 0 aliphatic carbocycles. The van der Waals surface area contributed by atoms with Gasteiger partial charge in [0.05, 0.1) is 24.1 Å². The normalized spacial score (nSPS) is 10.1. The third kappa shape index (κ3) is 2.56. The Morgan fingerprint density at radius 1 is 1.25 bits per heavy atom. The van der Waals surface area contributed by atoms with Crippen LogP contribution in [0.5, 0.6) is 5.75 Å². The van der Waals surface area contributed by atoms with Gasteiger partial charge in [-0.3, -0.25) is 4.79 Å². The number of anilines is 1. The lowest BCUT2D eigenvalue weighted by Gasteiger charge is -2.11. The van der Waals surface area contributed by atoms with Crippen LogP contribution in [-0.4, -0.2) is 24.0 Å². The number of hydrogen-bond donors (Lipinski definition) is 4. The molecular formula is C13H14N4O3. The van der Waals surface area contributed by atoms with Crippen LogP contribution in [0.2, 0.25) is 0 Å². The van der Waals surface area contributed by atoms with E-state index in [0.29, 0.717) is 28.3 Å². The number of rotatable bonds is 4. The number of amides is 3. The fraction of sp³-hybridized carbons (Fsp3) is 0.0769. The molecule has 1 aromatic heterocycles. The minimum atomic E-state index is -0.716. The molecule has 0 atom stereocenters. The van der Waals surface area contributed by atoms with Crippen molar-refractivity contribution in [2.24, 2.45) is 11.5 Å². The Hall–Kier alpha value is -2.96. The van der Waals surface area contributed by atoms with E-state index < -0.39 is 11.9 Å². The Morgan fingerprint density at radius 2 is 2.00 bits per heavy atom. The molecule has 1 aromatic carbocycles. The van der Waals surface area contributed by atoms with Crippen LogP contribution >= 0.6 is 0 Å². The fourth-order valence-electron chi connectivity index (χ4n) is 1.90. The average Bonchev–Trinajstić information content (AvgIpc) is 2.87. The molecule has 0 aliphatic rings. The number of aromatic nitrogens is 1. The minimum absolute atomic E-state index is 0.322. The summed E-state index contributed by atoms with van der Waals surface area (Å²) in [5.41, 5.74) is 12.3.